The maximum atomic E-state index is 8.82. The second-order valence-corrected chi connectivity index (χ2v) is 3.32. The Balaban J connectivity index is 2.82. The second kappa shape index (κ2) is 2.63. The molecule has 0 aliphatic heterocycles. The van der Waals surface area contributed by atoms with E-state index in [2.05, 4.69) is 17.1 Å². The molecule has 2 heteroatoms. The van der Waals surface area contributed by atoms with Crippen LogP contribution in [-0.4, -0.2) is 4.98 Å². The molecule has 0 amide bonds. The Hall–Kier alpha value is -1.75. The number of hydrogen-bond donors (Lipinski definition) is 1. The summed E-state index contributed by atoms with van der Waals surface area (Å²) in [4.78, 5) is 3.24. The number of rotatable bonds is 0. The van der Waals surface area contributed by atoms with Gasteiger partial charge in [-0.2, -0.15) is 5.26 Å². The van der Waals surface area contributed by atoms with Gasteiger partial charge in [0.05, 0.1) is 11.6 Å². The average Bonchev–Trinajstić information content (AvgIpc) is 2.42. The van der Waals surface area contributed by atoms with Crippen molar-refractivity contribution in [2.24, 2.45) is 0 Å². The van der Waals surface area contributed by atoms with E-state index >= 15 is 0 Å². The number of benzene rings is 1. The van der Waals surface area contributed by atoms with Crippen LogP contribution in [-0.2, 0) is 0 Å². The Bertz CT molecular complexity index is 501. The molecule has 1 aromatic heterocycles. The summed E-state index contributed by atoms with van der Waals surface area (Å²) < 4.78 is 0. The fourth-order valence-corrected chi connectivity index (χ4v) is 1.55. The lowest BCUT2D eigenvalue weighted by Crippen LogP contribution is -1.81. The van der Waals surface area contributed by atoms with Gasteiger partial charge in [-0.1, -0.05) is 0 Å². The van der Waals surface area contributed by atoms with Crippen LogP contribution >= 0.6 is 0 Å². The van der Waals surface area contributed by atoms with Gasteiger partial charge >= 0.3 is 0 Å². The zero-order valence-corrected chi connectivity index (χ0v) is 7.68. The van der Waals surface area contributed by atoms with Crippen molar-refractivity contribution in [1.29, 1.82) is 5.26 Å². The lowest BCUT2D eigenvalue weighted by atomic mass is 10.1. The molecule has 1 N–H and O–H groups in total. The third-order valence-corrected chi connectivity index (χ3v) is 2.22. The Labute approximate surface area is 76.8 Å². The molecule has 2 aromatic rings. The van der Waals surface area contributed by atoms with Gasteiger partial charge in [0, 0.05) is 16.6 Å². The summed E-state index contributed by atoms with van der Waals surface area (Å²) >= 11 is 0. The quantitative estimate of drug-likeness (QED) is 0.648. The lowest BCUT2D eigenvalue weighted by Gasteiger charge is -1.96. The van der Waals surface area contributed by atoms with Gasteiger partial charge in [-0.15, -0.1) is 0 Å². The zero-order chi connectivity index (χ0) is 9.42. The summed E-state index contributed by atoms with van der Waals surface area (Å²) in [5.74, 6) is 0. The molecule has 13 heavy (non-hydrogen) atoms. The van der Waals surface area contributed by atoms with E-state index in [0.717, 1.165) is 27.7 Å². The molecule has 0 saturated carbocycles. The molecule has 0 atom stereocenters. The molecule has 64 valence electrons. The number of nitriles is 1. The lowest BCUT2D eigenvalue weighted by molar-refractivity contribution is 1.30. The Morgan fingerprint density at radius 3 is 2.69 bits per heavy atom. The maximum Gasteiger partial charge on any atom is 0.0994 e. The summed E-state index contributed by atoms with van der Waals surface area (Å²) in [5.41, 5.74) is 4.02. The minimum atomic E-state index is 0.756. The third kappa shape index (κ3) is 1.19. The smallest absolute Gasteiger partial charge is 0.0994 e. The van der Waals surface area contributed by atoms with Crippen LogP contribution in [0.5, 0.6) is 0 Å². The van der Waals surface area contributed by atoms with Crippen molar-refractivity contribution >= 4 is 10.9 Å². The Kier molecular flexibility index (Phi) is 1.60. The number of aryl methyl sites for hydroxylation is 2. The molecule has 2 rings (SSSR count). The Morgan fingerprint density at radius 2 is 2.00 bits per heavy atom. The minimum absolute atomic E-state index is 0.756. The fraction of sp³-hybridized carbons (Fsp3) is 0.182. The highest BCUT2D eigenvalue weighted by atomic mass is 14.7. The number of fused-ring (bicyclic) bond motifs is 1. The van der Waals surface area contributed by atoms with Crippen LogP contribution in [0.15, 0.2) is 18.2 Å². The predicted octanol–water partition coefficient (Wildman–Crippen LogP) is 2.66. The predicted molar refractivity (Wildman–Crippen MR) is 52.5 cm³/mol. The van der Waals surface area contributed by atoms with E-state index in [4.69, 9.17) is 5.26 Å². The van der Waals surface area contributed by atoms with E-state index in [1.54, 1.807) is 0 Å². The summed E-state index contributed by atoms with van der Waals surface area (Å²) in [5, 5.41) is 9.94. The van der Waals surface area contributed by atoms with Crippen LogP contribution in [0, 0.1) is 25.2 Å². The van der Waals surface area contributed by atoms with Crippen molar-refractivity contribution in [3.05, 3.63) is 35.0 Å². The van der Waals surface area contributed by atoms with Crippen molar-refractivity contribution in [2.45, 2.75) is 13.8 Å². The van der Waals surface area contributed by atoms with Crippen molar-refractivity contribution in [3.63, 3.8) is 0 Å². The summed E-state index contributed by atoms with van der Waals surface area (Å²) in [7, 11) is 0. The first kappa shape index (κ1) is 7.88. The van der Waals surface area contributed by atoms with Crippen LogP contribution in [0.25, 0.3) is 10.9 Å². The number of H-pyrrole nitrogens is 1. The van der Waals surface area contributed by atoms with Crippen molar-refractivity contribution in [1.82, 2.24) is 4.98 Å². The fourth-order valence-electron chi connectivity index (χ4n) is 1.55. The van der Waals surface area contributed by atoms with Gasteiger partial charge in [0.1, 0.15) is 0 Å². The van der Waals surface area contributed by atoms with Gasteiger partial charge in [0.25, 0.3) is 0 Å². The van der Waals surface area contributed by atoms with E-state index in [1.807, 2.05) is 26.0 Å². The molecule has 1 heterocycles. The van der Waals surface area contributed by atoms with Gasteiger partial charge in [-0.3, -0.25) is 0 Å². The molecule has 0 saturated heterocycles. The van der Waals surface area contributed by atoms with Crippen LogP contribution in [0.3, 0.4) is 0 Å². The molecule has 0 spiro atoms. The van der Waals surface area contributed by atoms with Gasteiger partial charge in [0.2, 0.25) is 0 Å². The molecule has 0 bridgehead atoms. The molecular weight excluding hydrogens is 160 g/mol. The van der Waals surface area contributed by atoms with Gasteiger partial charge in [-0.05, 0) is 37.6 Å². The average molecular weight is 170 g/mol. The molecule has 0 aliphatic carbocycles. The summed E-state index contributed by atoms with van der Waals surface area (Å²) in [6, 6.07) is 8.17. The number of nitrogens with zero attached hydrogens (tertiary/aromatic N) is 1. The molecular formula is C11H10N2. The second-order valence-electron chi connectivity index (χ2n) is 3.32. The standard InChI is InChI=1S/C11H10N2/c1-7-3-11-9(4-8(2)13-11)5-10(7)6-12/h3-5,13H,1-2H3. The number of nitrogens with one attached hydrogen (secondary N) is 1. The first-order valence-electron chi connectivity index (χ1n) is 4.21. The monoisotopic (exact) mass is 170 g/mol. The first-order valence-corrected chi connectivity index (χ1v) is 4.21. The number of hydrogen-bond acceptors (Lipinski definition) is 1. The molecule has 0 unspecified atom stereocenters. The van der Waals surface area contributed by atoms with Crippen molar-refractivity contribution in [3.8, 4) is 6.07 Å². The van der Waals surface area contributed by atoms with Gasteiger partial charge in [-0.25, -0.2) is 0 Å². The highest BCUT2D eigenvalue weighted by Gasteiger charge is 2.02. The normalized spacial score (nSPS) is 10.2. The maximum absolute atomic E-state index is 8.82. The third-order valence-electron chi connectivity index (χ3n) is 2.22. The molecule has 1 aromatic carbocycles. The zero-order valence-electron chi connectivity index (χ0n) is 7.68. The van der Waals surface area contributed by atoms with E-state index in [-0.39, 0.29) is 0 Å². The van der Waals surface area contributed by atoms with E-state index in [0.29, 0.717) is 0 Å². The van der Waals surface area contributed by atoms with Gasteiger partial charge in [0.15, 0.2) is 0 Å². The highest BCUT2D eigenvalue weighted by Crippen LogP contribution is 2.19. The van der Waals surface area contributed by atoms with Crippen molar-refractivity contribution in [2.75, 3.05) is 0 Å². The SMILES string of the molecule is Cc1cc2cc(C#N)c(C)cc2[nH]1. The minimum Gasteiger partial charge on any atom is -0.359 e. The van der Waals surface area contributed by atoms with Crippen LogP contribution in [0.1, 0.15) is 16.8 Å². The van der Waals surface area contributed by atoms with Crippen molar-refractivity contribution < 1.29 is 0 Å². The van der Waals surface area contributed by atoms with Crippen LogP contribution in [0.4, 0.5) is 0 Å². The molecule has 0 aliphatic rings. The molecule has 2 nitrogen and oxygen atoms in total. The van der Waals surface area contributed by atoms with E-state index < -0.39 is 0 Å². The van der Waals surface area contributed by atoms with Gasteiger partial charge < -0.3 is 4.98 Å². The molecule has 0 radical (unpaired) electrons. The van der Waals surface area contributed by atoms with E-state index in [1.165, 1.54) is 0 Å². The van der Waals surface area contributed by atoms with Crippen LogP contribution in [0.2, 0.25) is 0 Å². The number of aromatic amines is 1. The topological polar surface area (TPSA) is 39.6 Å². The number of aromatic nitrogens is 1. The summed E-state index contributed by atoms with van der Waals surface area (Å²) in [6.45, 7) is 3.97. The molecule has 0 fully saturated rings. The van der Waals surface area contributed by atoms with E-state index in [9.17, 15) is 0 Å². The largest absolute Gasteiger partial charge is 0.359 e. The Morgan fingerprint density at radius 1 is 1.23 bits per heavy atom. The summed E-state index contributed by atoms with van der Waals surface area (Å²) in [6.07, 6.45) is 0. The highest BCUT2D eigenvalue weighted by molar-refractivity contribution is 5.82. The van der Waals surface area contributed by atoms with Crippen LogP contribution < -0.4 is 0 Å². The first-order chi connectivity index (χ1) is 6.20.